The van der Waals surface area contributed by atoms with Gasteiger partial charge in [0.25, 0.3) is 13.9 Å². The first-order valence-electron chi connectivity index (χ1n) is 23.4. The minimum Gasteiger partial charge on any atom is -0.444 e. The smallest absolute Gasteiger partial charge is 0.444 e. The molecule has 2 unspecified atom stereocenters. The number of likely N-dealkylation sites (tertiary alicyclic amines) is 1. The Morgan fingerprint density at radius 2 is 1.43 bits per heavy atom. The average Bonchev–Trinajstić information content (AvgIpc) is 3.69. The van der Waals surface area contributed by atoms with Crippen LogP contribution < -0.4 is 21.6 Å². The van der Waals surface area contributed by atoms with Crippen molar-refractivity contribution in [3.63, 3.8) is 0 Å². The fourth-order valence-corrected chi connectivity index (χ4v) is 14.0. The van der Waals surface area contributed by atoms with Crippen molar-refractivity contribution in [2.75, 3.05) is 26.2 Å². The third-order valence-electron chi connectivity index (χ3n) is 12.6. The summed E-state index contributed by atoms with van der Waals surface area (Å²) in [6.07, 6.45) is -0.396. The first-order chi connectivity index (χ1) is 32.0. The number of benzene rings is 4. The first kappa shape index (κ1) is 49.1. The van der Waals surface area contributed by atoms with Gasteiger partial charge in [0.2, 0.25) is 0 Å². The van der Waals surface area contributed by atoms with Gasteiger partial charge < -0.3 is 28.3 Å². The minimum absolute atomic E-state index is 0.0291. The van der Waals surface area contributed by atoms with Gasteiger partial charge in [0, 0.05) is 50.4 Å². The van der Waals surface area contributed by atoms with E-state index in [1.54, 1.807) is 6.92 Å². The fourth-order valence-electron chi connectivity index (χ4n) is 9.39. The van der Waals surface area contributed by atoms with Crippen LogP contribution in [0.1, 0.15) is 96.2 Å². The van der Waals surface area contributed by atoms with Gasteiger partial charge >= 0.3 is 17.9 Å². The number of nitrogens with zero attached hydrogens (tertiary/aromatic N) is 3. The molecule has 7 rings (SSSR count). The number of H-pyrrole nitrogens is 1. The molecule has 5 aromatic rings. The highest BCUT2D eigenvalue weighted by molar-refractivity contribution is 6.99. The van der Waals surface area contributed by atoms with E-state index in [0.29, 0.717) is 31.7 Å². The minimum atomic E-state index is -3.08. The second-order valence-electron chi connectivity index (χ2n) is 19.7. The van der Waals surface area contributed by atoms with E-state index >= 15 is 0 Å². The second-order valence-corrected chi connectivity index (χ2v) is 24.1. The molecule has 1 aromatic heterocycles. The summed E-state index contributed by atoms with van der Waals surface area (Å²) >= 11 is 0. The monoisotopic (exact) mass is 930 g/mol. The van der Waals surface area contributed by atoms with Gasteiger partial charge in [-0.3, -0.25) is 19.2 Å². The normalized spacial score (nSPS) is 19.5. The summed E-state index contributed by atoms with van der Waals surface area (Å²) in [5.41, 5.74) is 0.411. The van der Waals surface area contributed by atoms with E-state index in [4.69, 9.17) is 23.4 Å². The van der Waals surface area contributed by atoms with E-state index < -0.39 is 55.9 Å². The van der Waals surface area contributed by atoms with Gasteiger partial charge in [-0.1, -0.05) is 142 Å². The average molecular weight is 931 g/mol. The number of carbonyl (C=O) groups excluding carboxylic acids is 2. The van der Waals surface area contributed by atoms with E-state index in [-0.39, 0.29) is 30.2 Å². The molecule has 0 spiro atoms. The summed E-state index contributed by atoms with van der Waals surface area (Å²) in [5.74, 6) is 0. The molecule has 0 saturated carbocycles. The van der Waals surface area contributed by atoms with E-state index in [0.717, 1.165) is 40.8 Å². The van der Waals surface area contributed by atoms with E-state index in [9.17, 15) is 19.2 Å². The summed E-state index contributed by atoms with van der Waals surface area (Å²) in [6.45, 7) is 15.8. The number of aromatic nitrogens is 2. The van der Waals surface area contributed by atoms with Gasteiger partial charge in [0.1, 0.15) is 30.1 Å². The van der Waals surface area contributed by atoms with Gasteiger partial charge in [0.15, 0.2) is 0 Å². The van der Waals surface area contributed by atoms with E-state index in [1.807, 2.05) is 111 Å². The first-order valence-corrected chi connectivity index (χ1v) is 25.3. The molecule has 13 nitrogen and oxygen atoms in total. The molecular formula is C53H66N4O9Si. The number of rotatable bonds is 15. The predicted octanol–water partition coefficient (Wildman–Crippen LogP) is 8.26. The van der Waals surface area contributed by atoms with Crippen LogP contribution >= 0.6 is 0 Å². The Morgan fingerprint density at radius 3 is 2.03 bits per heavy atom. The van der Waals surface area contributed by atoms with Crippen molar-refractivity contribution in [1.29, 1.82) is 0 Å². The zero-order chi connectivity index (χ0) is 47.8. The molecule has 0 bridgehead atoms. The van der Waals surface area contributed by atoms with Crippen LogP contribution in [0.2, 0.25) is 5.04 Å². The molecule has 4 aromatic carbocycles. The van der Waals surface area contributed by atoms with Crippen molar-refractivity contribution in [3.05, 3.63) is 165 Å². The lowest BCUT2D eigenvalue weighted by atomic mass is 10.0. The Morgan fingerprint density at radius 1 is 0.836 bits per heavy atom. The number of aromatic amines is 1. The molecule has 0 aliphatic carbocycles. The molecule has 2 aliphatic rings. The molecule has 1 N–H and O–H groups in total. The number of ether oxygens (including phenoxy) is 4. The third kappa shape index (κ3) is 12.2. The number of amides is 1. The highest BCUT2D eigenvalue weighted by Gasteiger charge is 2.52. The Bertz CT molecular complexity index is 2470. The largest absolute Gasteiger partial charge is 0.509 e. The molecule has 5 atom stereocenters. The van der Waals surface area contributed by atoms with Crippen LogP contribution in [0.5, 0.6) is 0 Å². The van der Waals surface area contributed by atoms with Crippen molar-refractivity contribution in [2.45, 2.75) is 122 Å². The lowest BCUT2D eigenvalue weighted by Gasteiger charge is -2.43. The van der Waals surface area contributed by atoms with Crippen LogP contribution in [-0.4, -0.2) is 90.0 Å². The van der Waals surface area contributed by atoms with Crippen molar-refractivity contribution >= 4 is 30.9 Å². The van der Waals surface area contributed by atoms with Gasteiger partial charge in [-0.25, -0.2) is 14.4 Å². The number of hydrogen-bond donors (Lipinski definition) is 1. The molecule has 2 fully saturated rings. The van der Waals surface area contributed by atoms with E-state index in [2.05, 4.69) is 67.1 Å². The summed E-state index contributed by atoms with van der Waals surface area (Å²) in [6, 6.07) is 40.0. The molecule has 1 amide bonds. The van der Waals surface area contributed by atoms with Gasteiger partial charge in [-0.05, 0) is 73.5 Å². The predicted molar refractivity (Wildman–Crippen MR) is 261 cm³/mol. The highest BCUT2D eigenvalue weighted by Crippen LogP contribution is 2.39. The Labute approximate surface area is 395 Å². The third-order valence-corrected chi connectivity index (χ3v) is 17.6. The van der Waals surface area contributed by atoms with Crippen LogP contribution in [-0.2, 0) is 29.9 Å². The van der Waals surface area contributed by atoms with Gasteiger partial charge in [0.05, 0.1) is 6.61 Å². The quantitative estimate of drug-likeness (QED) is 0.0806. The molecule has 67 heavy (non-hydrogen) atoms. The standard InChI is InChI=1S/C53H66N4O9Si/c1-38-33-57(49(59)54-48(38)58)47-32-44(46(63-47)37-62-67(53(5,6)7,42-27-16-10-17-28-42)43-29-18-11-19-30-43)64-51(61)65-45(40-24-14-9-15-25-40)36-55(34-39-22-12-8-13-23-39)35-41-26-20-21-31-56(41)50(60)66-52(2,3)4/h8-19,22-25,27-30,33,41,44-47H,20-21,26,31-32,34-37H2,1-7H3,(H,54,58,59)/t41?,44-,45?,46+,47+/m0/s1. The van der Waals surface area contributed by atoms with E-state index in [1.165, 1.54) is 10.8 Å². The summed E-state index contributed by atoms with van der Waals surface area (Å²) in [7, 11) is -3.08. The maximum Gasteiger partial charge on any atom is 0.509 e. The van der Waals surface area contributed by atoms with Crippen LogP contribution in [0.3, 0.4) is 0 Å². The highest BCUT2D eigenvalue weighted by atomic mass is 28.4. The Hall–Kier alpha value is -5.80. The Balaban J connectivity index is 1.18. The number of piperidine rings is 1. The summed E-state index contributed by atoms with van der Waals surface area (Å²) in [4.78, 5) is 60.1. The van der Waals surface area contributed by atoms with Crippen molar-refractivity contribution in [1.82, 2.24) is 19.4 Å². The number of aryl methyl sites for hydroxylation is 1. The lowest BCUT2D eigenvalue weighted by Crippen LogP contribution is -2.67. The zero-order valence-electron chi connectivity index (χ0n) is 39.9. The molecule has 2 aliphatic heterocycles. The summed E-state index contributed by atoms with van der Waals surface area (Å²) < 4.78 is 33.8. The molecule has 356 valence electrons. The Kier molecular flexibility index (Phi) is 15.7. The number of nitrogens with one attached hydrogen (secondary N) is 1. The van der Waals surface area contributed by atoms with Crippen molar-refractivity contribution in [2.24, 2.45) is 0 Å². The fraction of sp³-hybridized carbons (Fsp3) is 0.434. The molecule has 14 heteroatoms. The van der Waals surface area contributed by atoms with Crippen molar-refractivity contribution < 1.29 is 33.0 Å². The van der Waals surface area contributed by atoms with Gasteiger partial charge in [-0.2, -0.15) is 0 Å². The molecule has 0 radical (unpaired) electrons. The topological polar surface area (TPSA) is 142 Å². The van der Waals surface area contributed by atoms with Crippen LogP contribution in [0.25, 0.3) is 0 Å². The van der Waals surface area contributed by atoms with Gasteiger partial charge in [-0.15, -0.1) is 0 Å². The molecular weight excluding hydrogens is 865 g/mol. The van der Waals surface area contributed by atoms with Crippen LogP contribution in [0, 0.1) is 6.92 Å². The van der Waals surface area contributed by atoms with Crippen LogP contribution in [0.4, 0.5) is 9.59 Å². The maximum atomic E-state index is 14.4. The second kappa shape index (κ2) is 21.4. The number of hydrogen-bond acceptors (Lipinski definition) is 10. The van der Waals surface area contributed by atoms with Crippen molar-refractivity contribution in [3.8, 4) is 0 Å². The number of carbonyl (C=O) groups is 2. The SMILES string of the molecule is Cc1cn([C@H]2C[C@H](OC(=O)OC(CN(Cc3ccccc3)CC3CCCCN3C(=O)OC(C)(C)C)c3ccccc3)[C@@H](CO[Si](c3ccccc3)(c3ccccc3)C(C)(C)C)O2)c(=O)[nH]c1=O. The van der Waals surface area contributed by atoms with Crippen LogP contribution in [0.15, 0.2) is 137 Å². The summed E-state index contributed by atoms with van der Waals surface area (Å²) in [5, 5.41) is 1.79. The lowest BCUT2D eigenvalue weighted by molar-refractivity contribution is -0.0623. The molecule has 2 saturated heterocycles. The maximum absolute atomic E-state index is 14.4. The zero-order valence-corrected chi connectivity index (χ0v) is 40.9. The molecule has 3 heterocycles.